The zero-order chi connectivity index (χ0) is 29.9. The number of ether oxygens (including phenoxy) is 4. The average molecular weight is 573 g/mol. The van der Waals surface area contributed by atoms with Crippen LogP contribution < -0.4 is 20.7 Å². The molecular weight excluding hydrogens is 536 g/mol. The van der Waals surface area contributed by atoms with Gasteiger partial charge in [0.05, 0.1) is 26.4 Å². The molecule has 9 nitrogen and oxygen atoms in total. The number of hydrogen-bond donors (Lipinski definition) is 2. The third-order valence-corrected chi connectivity index (χ3v) is 7.86. The van der Waals surface area contributed by atoms with Gasteiger partial charge in [0, 0.05) is 18.2 Å². The second kappa shape index (κ2) is 12.4. The minimum absolute atomic E-state index is 0.166. The van der Waals surface area contributed by atoms with Crippen LogP contribution in [0.2, 0.25) is 0 Å². The van der Waals surface area contributed by atoms with Gasteiger partial charge in [0.1, 0.15) is 29.4 Å². The third kappa shape index (κ3) is 5.51. The van der Waals surface area contributed by atoms with Crippen LogP contribution in [0.25, 0.3) is 0 Å². The number of aryl methyl sites for hydroxylation is 1. The highest BCUT2D eigenvalue weighted by Gasteiger charge is 2.46. The highest BCUT2D eigenvalue weighted by atomic mass is 16.6. The van der Waals surface area contributed by atoms with Gasteiger partial charge in [0.15, 0.2) is 0 Å². The third-order valence-electron chi connectivity index (χ3n) is 7.86. The van der Waals surface area contributed by atoms with Gasteiger partial charge >= 0.3 is 5.69 Å². The molecule has 1 aromatic heterocycles. The van der Waals surface area contributed by atoms with Gasteiger partial charge in [-0.1, -0.05) is 61.5 Å². The quantitative estimate of drug-likeness (QED) is 0.273. The van der Waals surface area contributed by atoms with E-state index in [9.17, 15) is 14.7 Å². The number of nitrogens with zero attached hydrogens (tertiary/aromatic N) is 1. The number of nitrogens with one attached hydrogen (secondary N) is 1. The summed E-state index contributed by atoms with van der Waals surface area (Å²) in [4.78, 5) is 26.9. The number of benzene rings is 3. The topological polar surface area (TPSA) is 112 Å². The molecule has 0 bridgehead atoms. The summed E-state index contributed by atoms with van der Waals surface area (Å²) in [6, 6.07) is 25.4. The second-order valence-electron chi connectivity index (χ2n) is 10.4. The molecule has 1 aliphatic rings. The van der Waals surface area contributed by atoms with Gasteiger partial charge < -0.3 is 24.1 Å². The minimum atomic E-state index is -1.10. The first kappa shape index (κ1) is 29.3. The van der Waals surface area contributed by atoms with E-state index in [2.05, 4.69) is 4.98 Å². The van der Waals surface area contributed by atoms with Crippen molar-refractivity contribution in [1.29, 1.82) is 0 Å². The lowest BCUT2D eigenvalue weighted by Crippen LogP contribution is -2.44. The lowest BCUT2D eigenvalue weighted by atomic mass is 9.79. The van der Waals surface area contributed by atoms with Crippen LogP contribution in [0.15, 0.2) is 94.6 Å². The second-order valence-corrected chi connectivity index (χ2v) is 10.4. The molecule has 3 aromatic carbocycles. The largest absolute Gasteiger partial charge is 0.497 e. The maximum absolute atomic E-state index is 12.6. The maximum Gasteiger partial charge on any atom is 0.330 e. The fourth-order valence-electron chi connectivity index (χ4n) is 5.62. The van der Waals surface area contributed by atoms with E-state index < -0.39 is 41.4 Å². The number of H-pyrrole nitrogens is 1. The molecule has 4 aromatic rings. The van der Waals surface area contributed by atoms with Crippen molar-refractivity contribution < 1.29 is 24.1 Å². The van der Waals surface area contributed by atoms with Crippen LogP contribution in [0.4, 0.5) is 0 Å². The Labute approximate surface area is 244 Å². The number of hydrogen-bond acceptors (Lipinski definition) is 7. The number of aliphatic hydroxyl groups excluding tert-OH is 1. The molecule has 0 spiro atoms. The highest BCUT2D eigenvalue weighted by molar-refractivity contribution is 5.49. The molecule has 0 aliphatic carbocycles. The van der Waals surface area contributed by atoms with E-state index in [1.165, 1.54) is 10.8 Å². The Balaban J connectivity index is 1.61. The van der Waals surface area contributed by atoms with Crippen LogP contribution in [-0.2, 0) is 15.1 Å². The van der Waals surface area contributed by atoms with Gasteiger partial charge in [0.25, 0.3) is 5.56 Å². The van der Waals surface area contributed by atoms with E-state index in [1.807, 2.05) is 85.8 Å². The Morgan fingerprint density at radius 2 is 1.48 bits per heavy atom. The number of aromatic amines is 1. The van der Waals surface area contributed by atoms with Crippen molar-refractivity contribution >= 4 is 0 Å². The molecule has 1 aliphatic heterocycles. The van der Waals surface area contributed by atoms with Gasteiger partial charge in [-0.25, -0.2) is 4.79 Å². The van der Waals surface area contributed by atoms with Gasteiger partial charge in [-0.2, -0.15) is 0 Å². The number of aromatic nitrogens is 2. The average Bonchev–Trinajstić information content (AvgIpc) is 3.41. The van der Waals surface area contributed by atoms with Crippen LogP contribution in [0, 0.1) is 6.92 Å². The van der Waals surface area contributed by atoms with E-state index in [1.54, 1.807) is 21.1 Å². The number of methoxy groups -OCH3 is 2. The van der Waals surface area contributed by atoms with Gasteiger partial charge in [-0.15, -0.1) is 0 Å². The molecular formula is C33H36N2O7. The molecule has 1 saturated heterocycles. The minimum Gasteiger partial charge on any atom is -0.497 e. The van der Waals surface area contributed by atoms with Crippen LogP contribution in [0.1, 0.15) is 48.2 Å². The Morgan fingerprint density at radius 1 is 0.929 bits per heavy atom. The fraction of sp³-hybridized carbons (Fsp3) is 0.333. The molecule has 220 valence electrons. The normalized spacial score (nSPS) is 19.4. The monoisotopic (exact) mass is 572 g/mol. The molecule has 4 atom stereocenters. The number of rotatable bonds is 10. The molecule has 2 heterocycles. The summed E-state index contributed by atoms with van der Waals surface area (Å²) < 4.78 is 25.7. The molecule has 1 unspecified atom stereocenters. The van der Waals surface area contributed by atoms with Crippen molar-refractivity contribution in [2.45, 2.75) is 56.8 Å². The first-order valence-electron chi connectivity index (χ1n) is 14.0. The lowest BCUT2D eigenvalue weighted by molar-refractivity contribution is -0.145. The summed E-state index contributed by atoms with van der Waals surface area (Å²) in [5.74, 6) is 1.42. The summed E-state index contributed by atoms with van der Waals surface area (Å²) >= 11 is 0. The summed E-state index contributed by atoms with van der Waals surface area (Å²) in [5, 5.41) is 11.3. The van der Waals surface area contributed by atoms with Gasteiger partial charge in [-0.05, 0) is 54.3 Å². The van der Waals surface area contributed by atoms with Crippen molar-refractivity contribution in [2.24, 2.45) is 0 Å². The van der Waals surface area contributed by atoms with Crippen molar-refractivity contribution in [2.75, 3.05) is 14.2 Å². The molecule has 0 saturated carbocycles. The molecule has 0 amide bonds. The predicted molar refractivity (Wildman–Crippen MR) is 158 cm³/mol. The highest BCUT2D eigenvalue weighted by Crippen LogP contribution is 2.44. The van der Waals surface area contributed by atoms with E-state index in [4.69, 9.17) is 18.9 Å². The lowest BCUT2D eigenvalue weighted by Gasteiger charge is -2.40. The van der Waals surface area contributed by atoms with Gasteiger partial charge in [0.2, 0.25) is 0 Å². The molecule has 42 heavy (non-hydrogen) atoms. The fourth-order valence-corrected chi connectivity index (χ4v) is 5.62. The standard InChI is InChI=1S/C33H36N2O7/c1-5-28(30-27(36)19-29(41-30)35-20-21(2)31(37)34-32(35)38)42-33(22-9-7-6-8-10-22,23-11-15-25(39-3)16-12-23)24-13-17-26(40-4)18-14-24/h6-18,20,27-30,36H,5,19H2,1-4H3,(H,34,37,38)/t27-,28?,29+,30-/m0/s1. The summed E-state index contributed by atoms with van der Waals surface area (Å²) in [6.45, 7) is 3.59. The molecule has 9 heteroatoms. The van der Waals surface area contributed by atoms with E-state index in [0.717, 1.165) is 16.7 Å². The predicted octanol–water partition coefficient (Wildman–Crippen LogP) is 4.30. The number of aliphatic hydroxyl groups is 1. The van der Waals surface area contributed by atoms with Crippen LogP contribution >= 0.6 is 0 Å². The van der Waals surface area contributed by atoms with E-state index in [-0.39, 0.29) is 6.42 Å². The SMILES string of the molecule is CCC(OC(c1ccccc1)(c1ccc(OC)cc1)c1ccc(OC)cc1)[C@H]1O[C@@H](n2cc(C)c(=O)[nH]c2=O)C[C@@H]1O. The van der Waals surface area contributed by atoms with Crippen molar-refractivity contribution in [3.8, 4) is 11.5 Å². The Kier molecular flexibility index (Phi) is 8.63. The Morgan fingerprint density at radius 3 is 2.00 bits per heavy atom. The molecule has 5 rings (SSSR count). The summed E-state index contributed by atoms with van der Waals surface area (Å²) in [6.07, 6.45) is -0.884. The van der Waals surface area contributed by atoms with Crippen molar-refractivity contribution in [3.63, 3.8) is 0 Å². The van der Waals surface area contributed by atoms with Crippen molar-refractivity contribution in [1.82, 2.24) is 9.55 Å². The van der Waals surface area contributed by atoms with Crippen LogP contribution in [-0.4, -0.2) is 47.2 Å². The maximum atomic E-state index is 12.6. The molecule has 0 radical (unpaired) electrons. The summed E-state index contributed by atoms with van der Waals surface area (Å²) in [5.41, 5.74) is 0.828. The zero-order valence-corrected chi connectivity index (χ0v) is 24.2. The van der Waals surface area contributed by atoms with Gasteiger partial charge in [-0.3, -0.25) is 14.3 Å². The first-order valence-corrected chi connectivity index (χ1v) is 14.0. The molecule has 1 fully saturated rings. The zero-order valence-electron chi connectivity index (χ0n) is 24.2. The van der Waals surface area contributed by atoms with E-state index in [0.29, 0.717) is 23.5 Å². The van der Waals surface area contributed by atoms with Crippen LogP contribution in [0.5, 0.6) is 11.5 Å². The summed E-state index contributed by atoms with van der Waals surface area (Å²) in [7, 11) is 3.24. The van der Waals surface area contributed by atoms with Crippen LogP contribution in [0.3, 0.4) is 0 Å². The van der Waals surface area contributed by atoms with Crippen molar-refractivity contribution in [3.05, 3.63) is 128 Å². The first-order chi connectivity index (χ1) is 20.3. The Hall–Kier alpha value is -4.18. The molecule has 2 N–H and O–H groups in total. The smallest absolute Gasteiger partial charge is 0.330 e. The Bertz CT molecular complexity index is 1550. The van der Waals surface area contributed by atoms with E-state index >= 15 is 0 Å².